The van der Waals surface area contributed by atoms with Crippen LogP contribution in [0.4, 0.5) is 9.18 Å². The van der Waals surface area contributed by atoms with Crippen LogP contribution in [0.25, 0.3) is 6.08 Å². The van der Waals surface area contributed by atoms with Gasteiger partial charge in [0.1, 0.15) is 12.4 Å². The number of thioether (sulfide) groups is 1. The van der Waals surface area contributed by atoms with Crippen LogP contribution >= 0.6 is 11.8 Å². The maximum absolute atomic E-state index is 13.8. The van der Waals surface area contributed by atoms with Crippen LogP contribution in [0.3, 0.4) is 0 Å². The SMILES string of the molecule is O=C(NCCN1C(=O)S/C(=C\c2ccccc2F)C1=O)C1COc2ccccc2O1. The Balaban J connectivity index is 1.32. The standard InChI is InChI=1S/C21H17FN2O5S/c22-14-6-2-1-5-13(14)11-18-20(26)24(21(27)30-18)10-9-23-19(25)17-12-28-15-7-3-4-8-16(15)29-17/h1-8,11,17H,9-10,12H2,(H,23,25)/b18-11-. The van der Waals surface area contributed by atoms with Gasteiger partial charge in [-0.25, -0.2) is 4.39 Å². The summed E-state index contributed by atoms with van der Waals surface area (Å²) < 4.78 is 24.9. The third kappa shape index (κ3) is 4.16. The highest BCUT2D eigenvalue weighted by Gasteiger charge is 2.35. The van der Waals surface area contributed by atoms with E-state index < -0.39 is 29.0 Å². The van der Waals surface area contributed by atoms with Crippen molar-refractivity contribution in [1.29, 1.82) is 0 Å². The van der Waals surface area contributed by atoms with Gasteiger partial charge in [0.05, 0.1) is 4.91 Å². The fraction of sp³-hybridized carbons (Fsp3) is 0.190. The molecule has 9 heteroatoms. The van der Waals surface area contributed by atoms with Gasteiger partial charge >= 0.3 is 0 Å². The second-order valence-corrected chi connectivity index (χ2v) is 7.50. The maximum atomic E-state index is 13.8. The molecule has 1 N–H and O–H groups in total. The molecule has 0 bridgehead atoms. The van der Waals surface area contributed by atoms with Gasteiger partial charge in [0.25, 0.3) is 17.1 Å². The summed E-state index contributed by atoms with van der Waals surface area (Å²) in [6.07, 6.45) is 0.527. The van der Waals surface area contributed by atoms with Gasteiger partial charge in [-0.15, -0.1) is 0 Å². The number of hydrogen-bond donors (Lipinski definition) is 1. The molecular weight excluding hydrogens is 411 g/mol. The van der Waals surface area contributed by atoms with E-state index in [1.165, 1.54) is 18.2 Å². The number of amides is 3. The Labute approximate surface area is 175 Å². The van der Waals surface area contributed by atoms with E-state index in [1.807, 2.05) is 0 Å². The number of para-hydroxylation sites is 2. The van der Waals surface area contributed by atoms with E-state index in [9.17, 15) is 18.8 Å². The van der Waals surface area contributed by atoms with Crippen molar-refractivity contribution in [1.82, 2.24) is 10.2 Å². The van der Waals surface area contributed by atoms with Crippen LogP contribution in [0.1, 0.15) is 5.56 Å². The number of hydrogen-bond acceptors (Lipinski definition) is 6. The van der Waals surface area contributed by atoms with Crippen molar-refractivity contribution in [3.63, 3.8) is 0 Å². The number of ether oxygens (including phenoxy) is 2. The molecule has 2 aromatic carbocycles. The quantitative estimate of drug-likeness (QED) is 0.738. The highest BCUT2D eigenvalue weighted by Crippen LogP contribution is 2.32. The van der Waals surface area contributed by atoms with Crippen LogP contribution in [-0.4, -0.2) is 47.8 Å². The molecule has 2 heterocycles. The molecular formula is C21H17FN2O5S. The lowest BCUT2D eigenvalue weighted by molar-refractivity contribution is -0.131. The summed E-state index contributed by atoms with van der Waals surface area (Å²) in [4.78, 5) is 38.1. The van der Waals surface area contributed by atoms with Gasteiger partial charge in [-0.3, -0.25) is 19.3 Å². The number of imide groups is 1. The minimum atomic E-state index is -0.823. The first-order valence-electron chi connectivity index (χ1n) is 9.19. The Bertz CT molecular complexity index is 1040. The normalized spacial score (nSPS) is 19.3. The average molecular weight is 428 g/mol. The summed E-state index contributed by atoms with van der Waals surface area (Å²) in [6, 6.07) is 13.0. The molecule has 2 aliphatic rings. The van der Waals surface area contributed by atoms with Crippen LogP contribution < -0.4 is 14.8 Å². The number of fused-ring (bicyclic) bond motifs is 1. The lowest BCUT2D eigenvalue weighted by Crippen LogP contribution is -2.46. The van der Waals surface area contributed by atoms with Crippen molar-refractivity contribution in [2.75, 3.05) is 19.7 Å². The smallest absolute Gasteiger partial charge is 0.293 e. The maximum Gasteiger partial charge on any atom is 0.293 e. The summed E-state index contributed by atoms with van der Waals surface area (Å²) >= 11 is 0.739. The molecule has 2 aromatic rings. The Morgan fingerprint density at radius 3 is 2.70 bits per heavy atom. The average Bonchev–Trinajstić information content (AvgIpc) is 3.02. The fourth-order valence-corrected chi connectivity index (χ4v) is 3.84. The number of carbonyl (C=O) groups excluding carboxylic acids is 3. The van der Waals surface area contributed by atoms with Crippen LogP contribution in [0.5, 0.6) is 11.5 Å². The van der Waals surface area contributed by atoms with Gasteiger partial charge < -0.3 is 14.8 Å². The molecule has 4 rings (SSSR count). The summed E-state index contributed by atoms with van der Waals surface area (Å²) in [5.41, 5.74) is 0.228. The van der Waals surface area contributed by atoms with E-state index in [0.29, 0.717) is 11.5 Å². The molecule has 30 heavy (non-hydrogen) atoms. The summed E-state index contributed by atoms with van der Waals surface area (Å²) in [6.45, 7) is 0.121. The minimum Gasteiger partial charge on any atom is -0.485 e. The molecule has 0 aliphatic carbocycles. The van der Waals surface area contributed by atoms with E-state index in [4.69, 9.17) is 9.47 Å². The molecule has 0 radical (unpaired) electrons. The molecule has 1 atom stereocenters. The third-order valence-electron chi connectivity index (χ3n) is 4.50. The van der Waals surface area contributed by atoms with Gasteiger partial charge in [-0.05, 0) is 36.0 Å². The second-order valence-electron chi connectivity index (χ2n) is 6.51. The Morgan fingerprint density at radius 2 is 1.90 bits per heavy atom. The first-order chi connectivity index (χ1) is 14.5. The number of nitrogens with one attached hydrogen (secondary N) is 1. The lowest BCUT2D eigenvalue weighted by atomic mass is 10.2. The zero-order chi connectivity index (χ0) is 21.1. The molecule has 1 saturated heterocycles. The molecule has 154 valence electrons. The molecule has 2 aliphatic heterocycles. The Morgan fingerprint density at radius 1 is 1.17 bits per heavy atom. The van der Waals surface area contributed by atoms with Gasteiger partial charge in [0.2, 0.25) is 6.10 Å². The summed E-state index contributed by atoms with van der Waals surface area (Å²) in [5, 5.41) is 2.18. The van der Waals surface area contributed by atoms with Crippen LogP contribution in [-0.2, 0) is 9.59 Å². The van der Waals surface area contributed by atoms with Crippen LogP contribution in [0.15, 0.2) is 53.4 Å². The first-order valence-corrected chi connectivity index (χ1v) is 10.0. The van der Waals surface area contributed by atoms with Crippen molar-refractivity contribution in [2.45, 2.75) is 6.10 Å². The molecule has 0 spiro atoms. The van der Waals surface area contributed by atoms with Gasteiger partial charge in [0.15, 0.2) is 11.5 Å². The van der Waals surface area contributed by atoms with E-state index in [0.717, 1.165) is 16.7 Å². The van der Waals surface area contributed by atoms with Crippen LogP contribution in [0, 0.1) is 5.82 Å². The number of rotatable bonds is 5. The molecule has 3 amide bonds. The van der Waals surface area contributed by atoms with E-state index in [-0.39, 0.29) is 30.2 Å². The van der Waals surface area contributed by atoms with E-state index >= 15 is 0 Å². The fourth-order valence-electron chi connectivity index (χ4n) is 2.98. The van der Waals surface area contributed by atoms with Crippen molar-refractivity contribution in [2.24, 2.45) is 0 Å². The monoisotopic (exact) mass is 428 g/mol. The minimum absolute atomic E-state index is 0.00478. The lowest BCUT2D eigenvalue weighted by Gasteiger charge is -2.25. The number of benzene rings is 2. The van der Waals surface area contributed by atoms with E-state index in [1.54, 1.807) is 36.4 Å². The first kappa shape index (κ1) is 20.0. The highest BCUT2D eigenvalue weighted by atomic mass is 32.2. The zero-order valence-corrected chi connectivity index (χ0v) is 16.5. The Kier molecular flexibility index (Phi) is 5.71. The van der Waals surface area contributed by atoms with Crippen molar-refractivity contribution in [3.8, 4) is 11.5 Å². The molecule has 1 fully saturated rings. The van der Waals surface area contributed by atoms with Gasteiger partial charge in [-0.2, -0.15) is 0 Å². The van der Waals surface area contributed by atoms with Crippen molar-refractivity contribution >= 4 is 34.9 Å². The predicted molar refractivity (Wildman–Crippen MR) is 108 cm³/mol. The molecule has 1 unspecified atom stereocenters. The third-order valence-corrected chi connectivity index (χ3v) is 5.41. The number of carbonyl (C=O) groups is 3. The summed E-state index contributed by atoms with van der Waals surface area (Å²) in [5.74, 6) is -0.353. The molecule has 0 saturated carbocycles. The van der Waals surface area contributed by atoms with Crippen molar-refractivity contribution < 1.29 is 28.2 Å². The summed E-state index contributed by atoms with van der Waals surface area (Å²) in [7, 11) is 0. The second kappa shape index (κ2) is 8.58. The van der Waals surface area contributed by atoms with E-state index in [2.05, 4.69) is 5.32 Å². The molecule has 0 aromatic heterocycles. The predicted octanol–water partition coefficient (Wildman–Crippen LogP) is 2.82. The van der Waals surface area contributed by atoms with Gasteiger partial charge in [-0.1, -0.05) is 30.3 Å². The number of nitrogens with zero attached hydrogens (tertiary/aromatic N) is 1. The highest BCUT2D eigenvalue weighted by molar-refractivity contribution is 8.18. The van der Waals surface area contributed by atoms with Gasteiger partial charge in [0, 0.05) is 18.7 Å². The topological polar surface area (TPSA) is 84.9 Å². The van der Waals surface area contributed by atoms with Crippen molar-refractivity contribution in [3.05, 3.63) is 64.8 Å². The molecule has 7 nitrogen and oxygen atoms in total. The van der Waals surface area contributed by atoms with Crippen LogP contribution in [0.2, 0.25) is 0 Å². The largest absolute Gasteiger partial charge is 0.485 e. The number of halogens is 1. The Hall–Kier alpha value is -3.33. The zero-order valence-electron chi connectivity index (χ0n) is 15.7.